The minimum Gasteiger partial charge on any atom is -0.450 e. The number of aromatic amines is 1. The van der Waals surface area contributed by atoms with Gasteiger partial charge in [0.2, 0.25) is 11.1 Å². The molecule has 1 aromatic heterocycles. The maximum atomic E-state index is 11.2. The Labute approximate surface area is 125 Å². The average Bonchev–Trinajstić information content (AvgIpc) is 2.86. The molecule has 0 aliphatic rings. The lowest BCUT2D eigenvalue weighted by Crippen LogP contribution is -2.14. The number of thioether (sulfide) groups is 1. The van der Waals surface area contributed by atoms with Crippen LogP contribution in [0.4, 0.5) is 10.7 Å². The maximum absolute atomic E-state index is 11.2. The van der Waals surface area contributed by atoms with Gasteiger partial charge in [0.1, 0.15) is 0 Å². The van der Waals surface area contributed by atoms with Gasteiger partial charge >= 0.3 is 6.09 Å². The van der Waals surface area contributed by atoms with E-state index in [1.165, 1.54) is 11.8 Å². The Balaban J connectivity index is 1.86. The van der Waals surface area contributed by atoms with Crippen LogP contribution >= 0.6 is 23.4 Å². The summed E-state index contributed by atoms with van der Waals surface area (Å²) in [5.41, 5.74) is 1.11. The normalized spacial score (nSPS) is 10.3. The number of carbonyl (C=O) groups is 1. The van der Waals surface area contributed by atoms with Crippen molar-refractivity contribution in [3.8, 4) is 0 Å². The van der Waals surface area contributed by atoms with Crippen LogP contribution in [0.25, 0.3) is 0 Å². The highest BCUT2D eigenvalue weighted by atomic mass is 35.5. The van der Waals surface area contributed by atoms with E-state index in [0.717, 1.165) is 5.56 Å². The van der Waals surface area contributed by atoms with Crippen molar-refractivity contribution in [1.82, 2.24) is 15.2 Å². The van der Waals surface area contributed by atoms with Crippen LogP contribution in [0.2, 0.25) is 5.02 Å². The van der Waals surface area contributed by atoms with Crippen LogP contribution in [-0.4, -0.2) is 27.9 Å². The molecule has 6 nitrogen and oxygen atoms in total. The number of amides is 1. The highest BCUT2D eigenvalue weighted by molar-refractivity contribution is 7.98. The molecule has 0 aliphatic carbocycles. The summed E-state index contributed by atoms with van der Waals surface area (Å²) >= 11 is 7.27. The van der Waals surface area contributed by atoms with Gasteiger partial charge in [0.15, 0.2) is 0 Å². The topological polar surface area (TPSA) is 79.9 Å². The largest absolute Gasteiger partial charge is 0.450 e. The maximum Gasteiger partial charge on any atom is 0.413 e. The van der Waals surface area contributed by atoms with E-state index in [2.05, 4.69) is 20.5 Å². The van der Waals surface area contributed by atoms with Crippen LogP contribution < -0.4 is 5.32 Å². The third-order valence-electron chi connectivity index (χ3n) is 2.24. The van der Waals surface area contributed by atoms with Crippen molar-refractivity contribution < 1.29 is 9.53 Å². The van der Waals surface area contributed by atoms with Crippen LogP contribution in [0.3, 0.4) is 0 Å². The number of rotatable bonds is 5. The summed E-state index contributed by atoms with van der Waals surface area (Å²) in [4.78, 5) is 15.3. The zero-order valence-corrected chi connectivity index (χ0v) is 12.3. The number of hydrogen-bond donors (Lipinski definition) is 2. The molecule has 0 saturated heterocycles. The lowest BCUT2D eigenvalue weighted by Gasteiger charge is -2.00. The lowest BCUT2D eigenvalue weighted by atomic mass is 10.2. The van der Waals surface area contributed by atoms with Gasteiger partial charge in [-0.15, -0.1) is 5.10 Å². The van der Waals surface area contributed by atoms with Gasteiger partial charge in [0.25, 0.3) is 0 Å². The van der Waals surface area contributed by atoms with E-state index < -0.39 is 6.09 Å². The van der Waals surface area contributed by atoms with Crippen molar-refractivity contribution in [1.29, 1.82) is 0 Å². The predicted octanol–water partition coefficient (Wildman–Crippen LogP) is 3.32. The van der Waals surface area contributed by atoms with E-state index >= 15 is 0 Å². The first-order valence-electron chi connectivity index (χ1n) is 5.91. The Kier molecular flexibility index (Phi) is 5.25. The van der Waals surface area contributed by atoms with Crippen molar-refractivity contribution >= 4 is 35.4 Å². The number of benzene rings is 1. The van der Waals surface area contributed by atoms with Crippen LogP contribution in [0.1, 0.15) is 12.5 Å². The highest BCUT2D eigenvalue weighted by Crippen LogP contribution is 2.21. The molecule has 0 saturated carbocycles. The van der Waals surface area contributed by atoms with E-state index in [1.54, 1.807) is 6.92 Å². The van der Waals surface area contributed by atoms with Gasteiger partial charge in [-0.05, 0) is 24.6 Å². The fraction of sp³-hybridized carbons (Fsp3) is 0.250. The van der Waals surface area contributed by atoms with Crippen LogP contribution in [0, 0.1) is 0 Å². The molecule has 0 unspecified atom stereocenters. The van der Waals surface area contributed by atoms with Gasteiger partial charge in [0, 0.05) is 10.8 Å². The summed E-state index contributed by atoms with van der Waals surface area (Å²) in [5.74, 6) is 0.982. The Hall–Kier alpha value is -1.73. The molecule has 0 aliphatic heterocycles. The van der Waals surface area contributed by atoms with Crippen molar-refractivity contribution in [2.75, 3.05) is 11.9 Å². The number of ether oxygens (including phenoxy) is 1. The number of carbonyl (C=O) groups excluding carboxylic acids is 1. The lowest BCUT2D eigenvalue weighted by molar-refractivity contribution is 0.167. The number of halogens is 1. The summed E-state index contributed by atoms with van der Waals surface area (Å²) in [5, 5.41) is 10.3. The molecule has 1 aromatic carbocycles. The number of nitrogens with zero attached hydrogens (tertiary/aromatic N) is 2. The van der Waals surface area contributed by atoms with Crippen molar-refractivity contribution in [2.45, 2.75) is 17.8 Å². The van der Waals surface area contributed by atoms with E-state index in [4.69, 9.17) is 16.3 Å². The van der Waals surface area contributed by atoms with Crippen LogP contribution in [-0.2, 0) is 10.5 Å². The smallest absolute Gasteiger partial charge is 0.413 e. The molecule has 0 spiro atoms. The van der Waals surface area contributed by atoms with Crippen LogP contribution in [0.5, 0.6) is 0 Å². The Morgan fingerprint density at radius 1 is 1.45 bits per heavy atom. The third-order valence-corrected chi connectivity index (χ3v) is 3.41. The van der Waals surface area contributed by atoms with Crippen molar-refractivity contribution in [2.24, 2.45) is 0 Å². The monoisotopic (exact) mass is 312 g/mol. The van der Waals surface area contributed by atoms with Gasteiger partial charge in [-0.25, -0.2) is 9.89 Å². The molecule has 20 heavy (non-hydrogen) atoms. The first-order chi connectivity index (χ1) is 9.67. The molecule has 8 heteroatoms. The van der Waals surface area contributed by atoms with E-state index in [-0.39, 0.29) is 5.95 Å². The first kappa shape index (κ1) is 14.7. The zero-order chi connectivity index (χ0) is 14.4. The quantitative estimate of drug-likeness (QED) is 0.828. The molecule has 2 N–H and O–H groups in total. The van der Waals surface area contributed by atoms with Gasteiger partial charge in [-0.1, -0.05) is 35.5 Å². The molecule has 2 aromatic rings. The molecule has 2 rings (SSSR count). The number of aromatic nitrogens is 3. The van der Waals surface area contributed by atoms with Crippen LogP contribution in [0.15, 0.2) is 29.4 Å². The second-order valence-corrected chi connectivity index (χ2v) is 5.11. The molecule has 0 atom stereocenters. The summed E-state index contributed by atoms with van der Waals surface area (Å²) in [7, 11) is 0. The molecule has 1 heterocycles. The zero-order valence-electron chi connectivity index (χ0n) is 10.7. The van der Waals surface area contributed by atoms with Gasteiger partial charge in [0.05, 0.1) is 6.61 Å². The van der Waals surface area contributed by atoms with Gasteiger partial charge in [-0.3, -0.25) is 5.32 Å². The molecule has 0 fully saturated rings. The number of hydrogen-bond acceptors (Lipinski definition) is 5. The summed E-state index contributed by atoms with van der Waals surface area (Å²) in [6, 6.07) is 7.56. The standard InChI is InChI=1S/C12H13ClN4O2S/c1-2-19-12(18)15-10-14-11(17-16-10)20-7-8-3-5-9(13)6-4-8/h3-6H,2,7H2,1H3,(H2,14,15,16,17,18). The van der Waals surface area contributed by atoms with E-state index in [1.807, 2.05) is 24.3 Å². The Bertz CT molecular complexity index is 573. The molecule has 0 radical (unpaired) electrons. The second-order valence-electron chi connectivity index (χ2n) is 3.73. The third kappa shape index (κ3) is 4.43. The first-order valence-corrected chi connectivity index (χ1v) is 7.27. The average molecular weight is 313 g/mol. The minimum atomic E-state index is -0.557. The van der Waals surface area contributed by atoms with E-state index in [0.29, 0.717) is 22.5 Å². The highest BCUT2D eigenvalue weighted by Gasteiger charge is 2.08. The Morgan fingerprint density at radius 3 is 2.90 bits per heavy atom. The van der Waals surface area contributed by atoms with Crippen molar-refractivity contribution in [3.63, 3.8) is 0 Å². The van der Waals surface area contributed by atoms with Gasteiger partial charge < -0.3 is 4.74 Å². The number of anilines is 1. The second kappa shape index (κ2) is 7.16. The molecule has 106 valence electrons. The fourth-order valence-electron chi connectivity index (χ4n) is 1.36. The fourth-order valence-corrected chi connectivity index (χ4v) is 2.24. The summed E-state index contributed by atoms with van der Waals surface area (Å²) in [6.07, 6.45) is -0.557. The van der Waals surface area contributed by atoms with Crippen molar-refractivity contribution in [3.05, 3.63) is 34.9 Å². The van der Waals surface area contributed by atoms with E-state index in [9.17, 15) is 4.79 Å². The number of nitrogens with one attached hydrogen (secondary N) is 2. The molecule has 1 amide bonds. The summed E-state index contributed by atoms with van der Waals surface area (Å²) < 4.78 is 4.74. The Morgan fingerprint density at radius 2 is 2.20 bits per heavy atom. The molecular formula is C12H13ClN4O2S. The number of H-pyrrole nitrogens is 1. The predicted molar refractivity (Wildman–Crippen MR) is 78.0 cm³/mol. The summed E-state index contributed by atoms with van der Waals surface area (Å²) in [6.45, 7) is 2.03. The molecular weight excluding hydrogens is 300 g/mol. The minimum absolute atomic E-state index is 0.266. The van der Waals surface area contributed by atoms with Gasteiger partial charge in [-0.2, -0.15) is 4.98 Å². The molecule has 0 bridgehead atoms. The SMILES string of the molecule is CCOC(=O)Nc1nc(SCc2ccc(Cl)cc2)n[nH]1.